The smallest absolute Gasteiger partial charge is 0.274 e. The third-order valence-corrected chi connectivity index (χ3v) is 3.84. The van der Waals surface area contributed by atoms with Crippen LogP contribution in [0.1, 0.15) is 35.7 Å². The number of aromatic nitrogens is 2. The molecule has 0 fully saturated rings. The third-order valence-electron chi connectivity index (χ3n) is 3.84. The highest BCUT2D eigenvalue weighted by atomic mass is 16.5. The van der Waals surface area contributed by atoms with Crippen LogP contribution in [0.5, 0.6) is 5.75 Å². The summed E-state index contributed by atoms with van der Waals surface area (Å²) >= 11 is 0. The number of anilines is 3. The molecule has 0 spiro atoms. The van der Waals surface area contributed by atoms with Gasteiger partial charge in [-0.05, 0) is 69.3 Å². The van der Waals surface area contributed by atoms with E-state index in [1.54, 1.807) is 37.3 Å². The molecule has 0 saturated carbocycles. The van der Waals surface area contributed by atoms with Crippen molar-refractivity contribution in [3.63, 3.8) is 0 Å². The lowest BCUT2D eigenvalue weighted by molar-refractivity contribution is 0.102. The zero-order valence-electron chi connectivity index (χ0n) is 16.4. The maximum Gasteiger partial charge on any atom is 0.274 e. The summed E-state index contributed by atoms with van der Waals surface area (Å²) < 4.78 is 5.64. The first-order chi connectivity index (χ1) is 13.9. The minimum atomic E-state index is -0.357. The van der Waals surface area contributed by atoms with Crippen LogP contribution >= 0.6 is 0 Å². The lowest BCUT2D eigenvalue weighted by Crippen LogP contribution is -2.15. The van der Waals surface area contributed by atoms with Crippen molar-refractivity contribution in [2.45, 2.75) is 26.9 Å². The molecule has 1 amide bonds. The van der Waals surface area contributed by atoms with Crippen molar-refractivity contribution in [2.24, 2.45) is 0 Å². The van der Waals surface area contributed by atoms with Gasteiger partial charge in [-0.15, -0.1) is 0 Å². The number of aryl methyl sites for hydroxylation is 1. The van der Waals surface area contributed by atoms with Gasteiger partial charge in [-0.2, -0.15) is 5.26 Å². The molecule has 0 aliphatic heterocycles. The second-order valence-electron chi connectivity index (χ2n) is 6.64. The van der Waals surface area contributed by atoms with Crippen LogP contribution in [0.4, 0.5) is 17.2 Å². The maximum atomic E-state index is 12.6. The number of carbonyl (C=O) groups excluding carboxylic acids is 1. The monoisotopic (exact) mass is 387 g/mol. The molecule has 3 rings (SSSR count). The fourth-order valence-corrected chi connectivity index (χ4v) is 2.61. The largest absolute Gasteiger partial charge is 0.491 e. The second kappa shape index (κ2) is 8.85. The molecule has 7 nitrogen and oxygen atoms in total. The highest BCUT2D eigenvalue weighted by Gasteiger charge is 2.11. The summed E-state index contributed by atoms with van der Waals surface area (Å²) in [5.74, 6) is 1.41. The predicted octanol–water partition coefficient (Wildman–Crippen LogP) is 4.44. The standard InChI is InChI=1S/C22H21N5O2/c1-14(2)29-19-10-8-17(9-11-19)26-21-12-20(24-15(3)25-21)22(28)27-18-6-4-16(13-23)5-7-18/h4-12,14H,1-3H3,(H,27,28)(H,24,25,26). The van der Waals surface area contributed by atoms with Gasteiger partial charge >= 0.3 is 0 Å². The normalized spacial score (nSPS) is 10.3. The van der Waals surface area contributed by atoms with Crippen molar-refractivity contribution in [2.75, 3.05) is 10.6 Å². The van der Waals surface area contributed by atoms with Gasteiger partial charge in [0.05, 0.1) is 17.7 Å². The number of ether oxygens (including phenoxy) is 1. The average Bonchev–Trinajstić information content (AvgIpc) is 2.69. The van der Waals surface area contributed by atoms with Crippen molar-refractivity contribution in [1.82, 2.24) is 9.97 Å². The summed E-state index contributed by atoms with van der Waals surface area (Å²) in [4.78, 5) is 21.1. The third kappa shape index (κ3) is 5.53. The van der Waals surface area contributed by atoms with Crippen molar-refractivity contribution in [1.29, 1.82) is 5.26 Å². The molecular weight excluding hydrogens is 366 g/mol. The highest BCUT2D eigenvalue weighted by molar-refractivity contribution is 6.03. The molecule has 0 saturated heterocycles. The van der Waals surface area contributed by atoms with Crippen molar-refractivity contribution in [3.8, 4) is 11.8 Å². The molecule has 1 heterocycles. The quantitative estimate of drug-likeness (QED) is 0.649. The van der Waals surface area contributed by atoms with E-state index >= 15 is 0 Å². The predicted molar refractivity (Wildman–Crippen MR) is 111 cm³/mol. The van der Waals surface area contributed by atoms with Crippen LogP contribution in [0.3, 0.4) is 0 Å². The molecule has 146 valence electrons. The van der Waals surface area contributed by atoms with E-state index in [0.29, 0.717) is 22.9 Å². The van der Waals surface area contributed by atoms with Gasteiger partial charge in [-0.25, -0.2) is 9.97 Å². The number of hydrogen-bond donors (Lipinski definition) is 2. The number of carbonyl (C=O) groups is 1. The Kier molecular flexibility index (Phi) is 6.05. The number of nitrogens with one attached hydrogen (secondary N) is 2. The molecule has 0 radical (unpaired) electrons. The fraction of sp³-hybridized carbons (Fsp3) is 0.182. The zero-order valence-corrected chi connectivity index (χ0v) is 16.4. The van der Waals surface area contributed by atoms with E-state index in [1.165, 1.54) is 0 Å². The first-order valence-corrected chi connectivity index (χ1v) is 9.14. The van der Waals surface area contributed by atoms with E-state index < -0.39 is 0 Å². The number of nitriles is 1. The fourth-order valence-electron chi connectivity index (χ4n) is 2.61. The molecule has 2 N–H and O–H groups in total. The Bertz CT molecular complexity index is 1040. The molecule has 29 heavy (non-hydrogen) atoms. The Labute approximate surface area is 169 Å². The minimum Gasteiger partial charge on any atom is -0.491 e. The lowest BCUT2D eigenvalue weighted by atomic mass is 10.2. The van der Waals surface area contributed by atoms with Crippen LogP contribution in [0.25, 0.3) is 0 Å². The van der Waals surface area contributed by atoms with E-state index in [-0.39, 0.29) is 17.7 Å². The first-order valence-electron chi connectivity index (χ1n) is 9.14. The summed E-state index contributed by atoms with van der Waals surface area (Å²) in [7, 11) is 0. The molecule has 7 heteroatoms. The lowest BCUT2D eigenvalue weighted by Gasteiger charge is -2.12. The minimum absolute atomic E-state index is 0.107. The van der Waals surface area contributed by atoms with Crippen molar-refractivity contribution < 1.29 is 9.53 Å². The topological polar surface area (TPSA) is 99.9 Å². The summed E-state index contributed by atoms with van der Waals surface area (Å²) in [5.41, 5.74) is 2.17. The SMILES string of the molecule is Cc1nc(Nc2ccc(OC(C)C)cc2)cc(C(=O)Nc2ccc(C#N)cc2)n1. The molecule has 0 atom stereocenters. The van der Waals surface area contributed by atoms with Gasteiger partial charge in [0.15, 0.2) is 0 Å². The molecule has 2 aromatic carbocycles. The molecule has 0 bridgehead atoms. The van der Waals surface area contributed by atoms with Crippen LogP contribution in [-0.4, -0.2) is 22.0 Å². The molecule has 3 aromatic rings. The molecular formula is C22H21N5O2. The van der Waals surface area contributed by atoms with Gasteiger partial charge in [0.1, 0.15) is 23.1 Å². The van der Waals surface area contributed by atoms with E-state index in [0.717, 1.165) is 11.4 Å². The number of nitrogens with zero attached hydrogens (tertiary/aromatic N) is 3. The van der Waals surface area contributed by atoms with Crippen LogP contribution in [-0.2, 0) is 0 Å². The number of hydrogen-bond acceptors (Lipinski definition) is 6. The molecule has 0 unspecified atom stereocenters. The van der Waals surface area contributed by atoms with Crippen LogP contribution in [0.2, 0.25) is 0 Å². The van der Waals surface area contributed by atoms with Gasteiger partial charge in [-0.1, -0.05) is 0 Å². The van der Waals surface area contributed by atoms with Crippen LogP contribution < -0.4 is 15.4 Å². The van der Waals surface area contributed by atoms with E-state index in [2.05, 4.69) is 20.6 Å². The van der Waals surface area contributed by atoms with Crippen LogP contribution in [0, 0.1) is 18.3 Å². The first kappa shape index (κ1) is 19.8. The van der Waals surface area contributed by atoms with Gasteiger partial charge in [0.25, 0.3) is 5.91 Å². The Hall–Kier alpha value is -3.92. The van der Waals surface area contributed by atoms with Gasteiger partial charge < -0.3 is 15.4 Å². The summed E-state index contributed by atoms with van der Waals surface area (Å²) in [6.07, 6.45) is 0.107. The van der Waals surface area contributed by atoms with Crippen LogP contribution in [0.15, 0.2) is 54.6 Å². The van der Waals surface area contributed by atoms with E-state index in [1.807, 2.05) is 44.2 Å². The van der Waals surface area contributed by atoms with Gasteiger partial charge in [-0.3, -0.25) is 4.79 Å². The summed E-state index contributed by atoms with van der Waals surface area (Å²) in [6, 6.07) is 17.8. The maximum absolute atomic E-state index is 12.6. The molecule has 0 aliphatic carbocycles. The average molecular weight is 387 g/mol. The van der Waals surface area contributed by atoms with Gasteiger partial charge in [0, 0.05) is 17.4 Å². The second-order valence-corrected chi connectivity index (χ2v) is 6.64. The van der Waals surface area contributed by atoms with Crippen molar-refractivity contribution in [3.05, 3.63) is 71.7 Å². The van der Waals surface area contributed by atoms with Gasteiger partial charge in [0.2, 0.25) is 0 Å². The Morgan fingerprint density at radius 3 is 2.31 bits per heavy atom. The number of amides is 1. The zero-order chi connectivity index (χ0) is 20.8. The highest BCUT2D eigenvalue weighted by Crippen LogP contribution is 2.20. The van der Waals surface area contributed by atoms with Crippen molar-refractivity contribution >= 4 is 23.1 Å². The number of benzene rings is 2. The van der Waals surface area contributed by atoms with E-state index in [9.17, 15) is 4.79 Å². The summed E-state index contributed by atoms with van der Waals surface area (Å²) in [6.45, 7) is 5.67. The summed E-state index contributed by atoms with van der Waals surface area (Å²) in [5, 5.41) is 14.8. The molecule has 0 aliphatic rings. The number of rotatable bonds is 6. The Morgan fingerprint density at radius 2 is 1.69 bits per heavy atom. The Morgan fingerprint density at radius 1 is 1.03 bits per heavy atom. The molecule has 1 aromatic heterocycles. The Balaban J connectivity index is 1.73. The van der Waals surface area contributed by atoms with E-state index in [4.69, 9.17) is 10.00 Å².